The Morgan fingerprint density at radius 2 is 1.87 bits per heavy atom. The molecule has 2 N–H and O–H groups in total. The molecular formula is C16H27Cl2N3O2. The summed E-state index contributed by atoms with van der Waals surface area (Å²) < 4.78 is 5.36. The fourth-order valence-corrected chi connectivity index (χ4v) is 2.64. The van der Waals surface area contributed by atoms with Crippen molar-refractivity contribution in [3.63, 3.8) is 0 Å². The van der Waals surface area contributed by atoms with Gasteiger partial charge in [-0.1, -0.05) is 30.3 Å². The number of hydrogen-bond acceptors (Lipinski definition) is 4. The SMILES string of the molecule is CC(CN1CCOCC1)N(Cc1ccccc1)C(=O)CN.Cl.Cl. The Hall–Kier alpha value is -0.850. The summed E-state index contributed by atoms with van der Waals surface area (Å²) in [6.07, 6.45) is 0. The van der Waals surface area contributed by atoms with Gasteiger partial charge >= 0.3 is 0 Å². The summed E-state index contributed by atoms with van der Waals surface area (Å²) in [6, 6.07) is 10.2. The number of carbonyl (C=O) groups is 1. The van der Waals surface area contributed by atoms with Crippen molar-refractivity contribution < 1.29 is 9.53 Å². The van der Waals surface area contributed by atoms with Crippen molar-refractivity contribution in [1.82, 2.24) is 9.80 Å². The minimum atomic E-state index is -0.000359. The maximum atomic E-state index is 12.2. The van der Waals surface area contributed by atoms with Crippen molar-refractivity contribution in [3.8, 4) is 0 Å². The second kappa shape index (κ2) is 11.6. The zero-order valence-electron chi connectivity index (χ0n) is 13.5. The first-order valence-electron chi connectivity index (χ1n) is 7.54. The van der Waals surface area contributed by atoms with E-state index in [0.29, 0.717) is 6.54 Å². The van der Waals surface area contributed by atoms with Crippen molar-refractivity contribution in [2.45, 2.75) is 19.5 Å². The number of amides is 1. The van der Waals surface area contributed by atoms with Crippen LogP contribution in [0.15, 0.2) is 30.3 Å². The highest BCUT2D eigenvalue weighted by atomic mass is 35.5. The molecule has 0 bridgehead atoms. The van der Waals surface area contributed by atoms with Crippen LogP contribution >= 0.6 is 24.8 Å². The third kappa shape index (κ3) is 7.06. The number of nitrogens with zero attached hydrogens (tertiary/aromatic N) is 2. The van der Waals surface area contributed by atoms with Crippen LogP contribution in [0.4, 0.5) is 0 Å². The van der Waals surface area contributed by atoms with E-state index in [4.69, 9.17) is 10.5 Å². The first-order valence-corrected chi connectivity index (χ1v) is 7.54. The van der Waals surface area contributed by atoms with Gasteiger partial charge in [-0.3, -0.25) is 9.69 Å². The van der Waals surface area contributed by atoms with Gasteiger partial charge in [-0.05, 0) is 12.5 Å². The van der Waals surface area contributed by atoms with Crippen LogP contribution in [-0.4, -0.2) is 61.1 Å². The summed E-state index contributed by atoms with van der Waals surface area (Å²) in [6.45, 7) is 7.03. The summed E-state index contributed by atoms with van der Waals surface area (Å²) in [5, 5.41) is 0. The Balaban J connectivity index is 0.00000242. The molecule has 0 aliphatic carbocycles. The number of morpholine rings is 1. The molecule has 0 radical (unpaired) electrons. The van der Waals surface area contributed by atoms with Crippen molar-refractivity contribution in [2.75, 3.05) is 39.4 Å². The second-order valence-electron chi connectivity index (χ2n) is 5.47. The lowest BCUT2D eigenvalue weighted by atomic mass is 10.1. The number of ether oxygens (including phenoxy) is 1. The van der Waals surface area contributed by atoms with Gasteiger partial charge < -0.3 is 15.4 Å². The molecule has 1 heterocycles. The predicted molar refractivity (Wildman–Crippen MR) is 97.3 cm³/mol. The molecule has 7 heteroatoms. The summed E-state index contributed by atoms with van der Waals surface area (Å²) >= 11 is 0. The summed E-state index contributed by atoms with van der Waals surface area (Å²) in [7, 11) is 0. The third-order valence-corrected chi connectivity index (χ3v) is 3.85. The fourth-order valence-electron chi connectivity index (χ4n) is 2.64. The van der Waals surface area contributed by atoms with Crippen LogP contribution in [0.1, 0.15) is 12.5 Å². The lowest BCUT2D eigenvalue weighted by Gasteiger charge is -2.35. The molecule has 1 aromatic rings. The normalized spacial score (nSPS) is 15.9. The standard InChI is InChI=1S/C16H25N3O2.2ClH/c1-14(12-18-7-9-21-10-8-18)19(16(20)11-17)13-15-5-3-2-4-6-15;;/h2-6,14H,7-13,17H2,1H3;2*1H. The molecule has 0 spiro atoms. The Labute approximate surface area is 151 Å². The smallest absolute Gasteiger partial charge is 0.236 e. The average Bonchev–Trinajstić information content (AvgIpc) is 2.53. The van der Waals surface area contributed by atoms with Crippen molar-refractivity contribution in [3.05, 3.63) is 35.9 Å². The van der Waals surface area contributed by atoms with Crippen molar-refractivity contribution >= 4 is 30.7 Å². The molecule has 1 aliphatic rings. The third-order valence-electron chi connectivity index (χ3n) is 3.85. The largest absolute Gasteiger partial charge is 0.379 e. The molecule has 5 nitrogen and oxygen atoms in total. The lowest BCUT2D eigenvalue weighted by Crippen LogP contribution is -2.49. The van der Waals surface area contributed by atoms with E-state index in [1.54, 1.807) is 0 Å². The Kier molecular flexibility index (Phi) is 11.2. The molecule has 132 valence electrons. The number of halogens is 2. The second-order valence-corrected chi connectivity index (χ2v) is 5.47. The van der Waals surface area contributed by atoms with E-state index in [1.807, 2.05) is 35.2 Å². The van der Waals surface area contributed by atoms with Gasteiger partial charge in [0.05, 0.1) is 19.8 Å². The first-order chi connectivity index (χ1) is 10.2. The fraction of sp³-hybridized carbons (Fsp3) is 0.562. The van der Waals surface area contributed by atoms with Crippen molar-refractivity contribution in [1.29, 1.82) is 0 Å². The van der Waals surface area contributed by atoms with Gasteiger partial charge in [-0.15, -0.1) is 24.8 Å². The molecule has 0 aromatic heterocycles. The summed E-state index contributed by atoms with van der Waals surface area (Å²) in [4.78, 5) is 16.4. The van der Waals surface area contributed by atoms with E-state index in [2.05, 4.69) is 11.8 Å². The molecule has 1 aliphatic heterocycles. The van der Waals surface area contributed by atoms with Crippen LogP contribution < -0.4 is 5.73 Å². The first kappa shape index (κ1) is 22.1. The number of carbonyl (C=O) groups excluding carboxylic acids is 1. The molecule has 1 unspecified atom stereocenters. The quantitative estimate of drug-likeness (QED) is 0.832. The van der Waals surface area contributed by atoms with E-state index in [9.17, 15) is 4.79 Å². The topological polar surface area (TPSA) is 58.8 Å². The molecule has 23 heavy (non-hydrogen) atoms. The minimum absolute atomic E-state index is 0. The number of hydrogen-bond donors (Lipinski definition) is 1. The lowest BCUT2D eigenvalue weighted by molar-refractivity contribution is -0.133. The summed E-state index contributed by atoms with van der Waals surface area (Å²) in [5.74, 6) is -0.000359. The maximum Gasteiger partial charge on any atom is 0.236 e. The van der Waals surface area contributed by atoms with Gasteiger partial charge in [-0.2, -0.15) is 0 Å². The van der Waals surface area contributed by atoms with E-state index in [1.165, 1.54) is 0 Å². The zero-order valence-corrected chi connectivity index (χ0v) is 15.2. The zero-order chi connectivity index (χ0) is 15.1. The molecule has 1 saturated heterocycles. The molecule has 1 amide bonds. The predicted octanol–water partition coefficient (Wildman–Crippen LogP) is 1.54. The van der Waals surface area contributed by atoms with Crippen molar-refractivity contribution in [2.24, 2.45) is 5.73 Å². The van der Waals surface area contributed by atoms with E-state index < -0.39 is 0 Å². The summed E-state index contributed by atoms with van der Waals surface area (Å²) in [5.41, 5.74) is 6.71. The van der Waals surface area contributed by atoms with Crippen LogP contribution in [0.2, 0.25) is 0 Å². The molecule has 1 aromatic carbocycles. The minimum Gasteiger partial charge on any atom is -0.379 e. The molecular weight excluding hydrogens is 337 g/mol. The highest BCUT2D eigenvalue weighted by Gasteiger charge is 2.22. The van der Waals surface area contributed by atoms with Crippen LogP contribution in [0, 0.1) is 0 Å². The monoisotopic (exact) mass is 363 g/mol. The van der Waals surface area contributed by atoms with Crippen LogP contribution in [-0.2, 0) is 16.1 Å². The van der Waals surface area contributed by atoms with Gasteiger partial charge in [-0.25, -0.2) is 0 Å². The number of nitrogens with two attached hydrogens (primary N) is 1. The molecule has 0 saturated carbocycles. The van der Waals surface area contributed by atoms with Crippen LogP contribution in [0.3, 0.4) is 0 Å². The van der Waals surface area contributed by atoms with Gasteiger partial charge in [0.2, 0.25) is 5.91 Å². The highest BCUT2D eigenvalue weighted by molar-refractivity contribution is 5.85. The van der Waals surface area contributed by atoms with E-state index >= 15 is 0 Å². The molecule has 2 rings (SSSR count). The Morgan fingerprint density at radius 3 is 2.43 bits per heavy atom. The Morgan fingerprint density at radius 1 is 1.26 bits per heavy atom. The highest BCUT2D eigenvalue weighted by Crippen LogP contribution is 2.11. The van der Waals surface area contributed by atoms with Crippen LogP contribution in [0.5, 0.6) is 0 Å². The van der Waals surface area contributed by atoms with Crippen LogP contribution in [0.25, 0.3) is 0 Å². The Bertz CT molecular complexity index is 442. The van der Waals surface area contributed by atoms with E-state index in [0.717, 1.165) is 38.4 Å². The van der Waals surface area contributed by atoms with E-state index in [-0.39, 0.29) is 43.3 Å². The van der Waals surface area contributed by atoms with Gasteiger partial charge in [0.25, 0.3) is 0 Å². The van der Waals surface area contributed by atoms with Gasteiger partial charge in [0.15, 0.2) is 0 Å². The molecule has 1 atom stereocenters. The van der Waals surface area contributed by atoms with Gasteiger partial charge in [0, 0.05) is 32.2 Å². The van der Waals surface area contributed by atoms with Gasteiger partial charge in [0.1, 0.15) is 0 Å². The average molecular weight is 364 g/mol. The number of benzene rings is 1. The molecule has 1 fully saturated rings. The maximum absolute atomic E-state index is 12.2. The number of rotatable bonds is 6.